The van der Waals surface area contributed by atoms with E-state index in [4.69, 9.17) is 39.1 Å². The van der Waals surface area contributed by atoms with Crippen LogP contribution in [-0.2, 0) is 28.4 Å². The van der Waals surface area contributed by atoms with Gasteiger partial charge in [-0.2, -0.15) is 0 Å². The van der Waals surface area contributed by atoms with E-state index in [1.54, 1.807) is 0 Å². The first-order valence-corrected chi connectivity index (χ1v) is 12.9. The average molecular weight is 604 g/mol. The van der Waals surface area contributed by atoms with E-state index < -0.39 is 106 Å². The Morgan fingerprint density at radius 3 is 2.07 bits per heavy atom. The average Bonchev–Trinajstić information content (AvgIpc) is 2.97. The lowest BCUT2D eigenvalue weighted by Gasteiger charge is -2.43. The lowest BCUT2D eigenvalue weighted by Crippen LogP contribution is -2.62. The van der Waals surface area contributed by atoms with Crippen LogP contribution in [0.25, 0.3) is 10.4 Å². The molecule has 240 valence electrons. The molecule has 2 saturated heterocycles. The lowest BCUT2D eigenvalue weighted by atomic mass is 9.92. The summed E-state index contributed by atoms with van der Waals surface area (Å²) in [5.41, 5.74) is 8.33. The Labute approximate surface area is 234 Å². The van der Waals surface area contributed by atoms with Crippen LogP contribution in [0.4, 0.5) is 0 Å². The molecule has 2 aliphatic heterocycles. The summed E-state index contributed by atoms with van der Waals surface area (Å²) in [6.45, 7) is -1.52. The van der Waals surface area contributed by atoms with Gasteiger partial charge in [-0.3, -0.25) is 0 Å². The molecule has 0 aromatic heterocycles. The Bertz CT molecular complexity index is 796. The van der Waals surface area contributed by atoms with Gasteiger partial charge in [0.05, 0.1) is 39.1 Å². The number of hydrogen-bond acceptors (Lipinski definition) is 17. The Balaban J connectivity index is 1.91. The van der Waals surface area contributed by atoms with Crippen LogP contribution < -0.4 is 0 Å². The molecule has 0 saturated carbocycles. The Morgan fingerprint density at radius 1 is 0.829 bits per heavy atom. The quantitative estimate of drug-likeness (QED) is 0.0244. The molecule has 10 N–H and O–H groups in total. The molecule has 2 aliphatic rings. The molecule has 41 heavy (non-hydrogen) atoms. The first-order chi connectivity index (χ1) is 19.5. The molecule has 0 aliphatic carbocycles. The SMILES string of the molecule is CC(OC[C@H]1O[C@@H](OCCN=[N+]=[N-])[C@H](O)[C@@H](O)[C@@H]1O)[C@@H]1O[C@H](COCO[C@H](CO)[C@@H](O)[C@H](O)CO)[C@@H](O)[C@H](O)[C@H]1O. The summed E-state index contributed by atoms with van der Waals surface area (Å²) in [4.78, 5) is 2.56. The van der Waals surface area contributed by atoms with Crippen LogP contribution in [0.5, 0.6) is 0 Å². The Hall–Kier alpha value is -1.33. The van der Waals surface area contributed by atoms with Crippen LogP contribution in [-0.4, -0.2) is 183 Å². The van der Waals surface area contributed by atoms with Crippen LogP contribution >= 0.6 is 0 Å². The van der Waals surface area contributed by atoms with Gasteiger partial charge in [-0.15, -0.1) is 0 Å². The molecule has 0 radical (unpaired) electrons. The van der Waals surface area contributed by atoms with Gasteiger partial charge in [-0.25, -0.2) is 0 Å². The van der Waals surface area contributed by atoms with Gasteiger partial charge in [0.1, 0.15) is 80.0 Å². The minimum Gasteiger partial charge on any atom is -0.394 e. The van der Waals surface area contributed by atoms with Crippen molar-refractivity contribution in [1.29, 1.82) is 0 Å². The van der Waals surface area contributed by atoms with Gasteiger partial charge >= 0.3 is 0 Å². The smallest absolute Gasteiger partial charge is 0.186 e. The molecule has 0 bridgehead atoms. The molecule has 1 unspecified atom stereocenters. The van der Waals surface area contributed by atoms with Crippen LogP contribution in [0.15, 0.2) is 5.11 Å². The minimum absolute atomic E-state index is 0.0706. The van der Waals surface area contributed by atoms with Crippen LogP contribution in [0.2, 0.25) is 0 Å². The van der Waals surface area contributed by atoms with Crippen molar-refractivity contribution >= 4 is 0 Å². The predicted molar refractivity (Wildman–Crippen MR) is 131 cm³/mol. The zero-order valence-electron chi connectivity index (χ0n) is 22.3. The molecule has 0 amide bonds. The van der Waals surface area contributed by atoms with E-state index in [1.807, 2.05) is 0 Å². The maximum absolute atomic E-state index is 10.5. The van der Waals surface area contributed by atoms with Crippen molar-refractivity contribution in [3.8, 4) is 0 Å². The van der Waals surface area contributed by atoms with E-state index in [0.717, 1.165) is 0 Å². The van der Waals surface area contributed by atoms with Crippen molar-refractivity contribution in [2.75, 3.05) is 46.4 Å². The molecule has 2 fully saturated rings. The number of nitrogens with zero attached hydrogens (tertiary/aromatic N) is 3. The van der Waals surface area contributed by atoms with Crippen molar-refractivity contribution in [2.45, 2.75) is 92.6 Å². The number of aliphatic hydroxyl groups excluding tert-OH is 10. The van der Waals surface area contributed by atoms with E-state index in [-0.39, 0.29) is 26.4 Å². The summed E-state index contributed by atoms with van der Waals surface area (Å²) in [6, 6.07) is 0. The summed E-state index contributed by atoms with van der Waals surface area (Å²) in [5.74, 6) is 0. The second kappa shape index (κ2) is 17.7. The molecule has 0 aromatic carbocycles. The van der Waals surface area contributed by atoms with Crippen molar-refractivity contribution in [2.24, 2.45) is 5.11 Å². The fourth-order valence-electron chi connectivity index (χ4n) is 4.21. The first-order valence-electron chi connectivity index (χ1n) is 12.9. The molecular formula is C22H41N3O16. The maximum Gasteiger partial charge on any atom is 0.186 e. The van der Waals surface area contributed by atoms with Gasteiger partial charge in [0, 0.05) is 11.5 Å². The van der Waals surface area contributed by atoms with Crippen molar-refractivity contribution in [3.05, 3.63) is 10.4 Å². The molecule has 2 heterocycles. The van der Waals surface area contributed by atoms with Crippen LogP contribution in [0.1, 0.15) is 6.92 Å². The van der Waals surface area contributed by atoms with Gasteiger partial charge in [-0.05, 0) is 12.5 Å². The lowest BCUT2D eigenvalue weighted by molar-refractivity contribution is -0.307. The number of ether oxygens (including phenoxy) is 6. The third kappa shape index (κ3) is 9.85. The largest absolute Gasteiger partial charge is 0.394 e. The third-order valence-corrected chi connectivity index (χ3v) is 6.73. The highest BCUT2D eigenvalue weighted by Crippen LogP contribution is 2.27. The number of hydrogen-bond donors (Lipinski definition) is 10. The van der Waals surface area contributed by atoms with E-state index in [2.05, 4.69) is 10.0 Å². The zero-order valence-corrected chi connectivity index (χ0v) is 22.3. The van der Waals surface area contributed by atoms with E-state index in [1.165, 1.54) is 6.92 Å². The zero-order chi connectivity index (χ0) is 30.7. The predicted octanol–water partition coefficient (Wildman–Crippen LogP) is -5.56. The minimum atomic E-state index is -1.68. The summed E-state index contributed by atoms with van der Waals surface area (Å²) in [6.07, 6.45) is -20.2. The fraction of sp³-hybridized carbons (Fsp3) is 1.00. The van der Waals surface area contributed by atoms with Gasteiger partial charge in [0.2, 0.25) is 0 Å². The highest BCUT2D eigenvalue weighted by atomic mass is 16.7. The second-order valence-electron chi connectivity index (χ2n) is 9.61. The topological polar surface area (TPSA) is 306 Å². The monoisotopic (exact) mass is 603 g/mol. The second-order valence-corrected chi connectivity index (χ2v) is 9.61. The molecule has 0 spiro atoms. The molecule has 19 heteroatoms. The van der Waals surface area contributed by atoms with Gasteiger partial charge in [0.15, 0.2) is 6.29 Å². The molecule has 2 rings (SSSR count). The van der Waals surface area contributed by atoms with Crippen molar-refractivity contribution in [1.82, 2.24) is 0 Å². The summed E-state index contributed by atoms with van der Waals surface area (Å²) < 4.78 is 32.5. The highest BCUT2D eigenvalue weighted by molar-refractivity contribution is 4.95. The molecule has 14 atom stereocenters. The Morgan fingerprint density at radius 2 is 1.46 bits per heavy atom. The van der Waals surface area contributed by atoms with Crippen LogP contribution in [0, 0.1) is 0 Å². The maximum atomic E-state index is 10.5. The summed E-state index contributed by atoms with van der Waals surface area (Å²) in [5, 5.41) is 103. The normalized spacial score (nSPS) is 37.1. The van der Waals surface area contributed by atoms with Crippen molar-refractivity contribution in [3.63, 3.8) is 0 Å². The number of aliphatic hydroxyl groups is 10. The van der Waals surface area contributed by atoms with E-state index in [9.17, 15) is 46.0 Å². The Kier molecular flexibility index (Phi) is 15.5. The standard InChI is InChI=1S/C22H41N3O16/c1-9(38-7-13-16(31)18(33)20(35)22(41-13)37-3-2-24-25-23)21-19(34)17(32)15(30)12(40-21)6-36-8-39-11(5-27)14(29)10(28)4-26/h9-22,26-35H,2-8H2,1H3/t9?,10-,11-,12-,13-,14+,15-,16-,17+,18+,19-,20-,21+,22-/m1/s1. The van der Waals surface area contributed by atoms with Gasteiger partial charge in [0.25, 0.3) is 0 Å². The van der Waals surface area contributed by atoms with Crippen molar-refractivity contribution < 1.29 is 79.5 Å². The fourth-order valence-corrected chi connectivity index (χ4v) is 4.21. The first kappa shape index (κ1) is 35.9. The van der Waals surface area contributed by atoms with E-state index >= 15 is 0 Å². The molecular weight excluding hydrogens is 562 g/mol. The summed E-state index contributed by atoms with van der Waals surface area (Å²) in [7, 11) is 0. The highest BCUT2D eigenvalue weighted by Gasteiger charge is 2.48. The van der Waals surface area contributed by atoms with Crippen LogP contribution in [0.3, 0.4) is 0 Å². The van der Waals surface area contributed by atoms with E-state index in [0.29, 0.717) is 0 Å². The number of rotatable bonds is 17. The van der Waals surface area contributed by atoms with Gasteiger partial charge in [-0.1, -0.05) is 5.11 Å². The molecule has 19 nitrogen and oxygen atoms in total. The van der Waals surface area contributed by atoms with Gasteiger partial charge < -0.3 is 79.5 Å². The third-order valence-electron chi connectivity index (χ3n) is 6.73. The number of azide groups is 1. The summed E-state index contributed by atoms with van der Waals surface area (Å²) >= 11 is 0. The molecule has 0 aromatic rings.